The van der Waals surface area contributed by atoms with Crippen molar-refractivity contribution in [3.05, 3.63) is 23.9 Å². The Labute approximate surface area is 164 Å². The van der Waals surface area contributed by atoms with Crippen LogP contribution in [0.3, 0.4) is 0 Å². The molecule has 29 heavy (non-hydrogen) atoms. The topological polar surface area (TPSA) is 182 Å². The number of halogens is 1. The van der Waals surface area contributed by atoms with Crippen molar-refractivity contribution < 1.29 is 28.9 Å². The summed E-state index contributed by atoms with van der Waals surface area (Å²) in [5.41, 5.74) is 8.91. The molecular weight excluding hydrogens is 387 g/mol. The van der Waals surface area contributed by atoms with Crippen LogP contribution in [0.4, 0.5) is 10.2 Å². The van der Waals surface area contributed by atoms with Crippen LogP contribution in [0.1, 0.15) is 19.5 Å². The van der Waals surface area contributed by atoms with Crippen molar-refractivity contribution in [1.82, 2.24) is 14.6 Å². The highest BCUT2D eigenvalue weighted by Crippen LogP contribution is 2.42. The van der Waals surface area contributed by atoms with E-state index in [4.69, 9.17) is 20.9 Å². The van der Waals surface area contributed by atoms with Gasteiger partial charge in [-0.3, -0.25) is 4.79 Å². The summed E-state index contributed by atoms with van der Waals surface area (Å²) in [6, 6.07) is 1.73. The molecule has 0 spiro atoms. The second-order valence-corrected chi connectivity index (χ2v) is 7.09. The Balaban J connectivity index is 2.16. The molecule has 0 amide bonds. The highest BCUT2D eigenvalue weighted by atomic mass is 19.1. The average Bonchev–Trinajstić information content (AvgIpc) is 3.17. The van der Waals surface area contributed by atoms with E-state index < -0.39 is 48.3 Å². The zero-order valence-electron chi connectivity index (χ0n) is 15.7. The minimum atomic E-state index is -2.19. The number of aromatic nitrogens is 3. The molecule has 1 fully saturated rings. The fourth-order valence-electron chi connectivity index (χ4n) is 3.23. The van der Waals surface area contributed by atoms with E-state index in [9.17, 15) is 24.7 Å². The van der Waals surface area contributed by atoms with Crippen molar-refractivity contribution in [2.45, 2.75) is 43.8 Å². The van der Waals surface area contributed by atoms with Gasteiger partial charge in [-0.15, -0.1) is 0 Å². The summed E-state index contributed by atoms with van der Waals surface area (Å²) < 4.78 is 26.5. The van der Waals surface area contributed by atoms with Gasteiger partial charge >= 0.3 is 5.97 Å². The van der Waals surface area contributed by atoms with E-state index in [-0.39, 0.29) is 22.9 Å². The third-order valence-corrected chi connectivity index (χ3v) is 4.93. The maximum Gasteiger partial charge on any atom is 0.323 e. The molecule has 0 aromatic carbocycles. The fraction of sp³-hybridized carbons (Fsp3) is 0.529. The SMILES string of the molecule is CC(C)[C@H](N)C(=O)O[C@@H]1[C@H](O)[C@@H](CO)O[C@@]1(C#N)c1cc(F)c2c(N)ncnn12. The number of aliphatic hydroxyl groups excluding tert-OH is 2. The Morgan fingerprint density at radius 1 is 1.59 bits per heavy atom. The van der Waals surface area contributed by atoms with Crippen LogP contribution >= 0.6 is 0 Å². The first-order valence-electron chi connectivity index (χ1n) is 8.80. The minimum Gasteiger partial charge on any atom is -0.454 e. The van der Waals surface area contributed by atoms with Gasteiger partial charge in [0.05, 0.1) is 12.3 Å². The van der Waals surface area contributed by atoms with E-state index in [1.54, 1.807) is 13.8 Å². The number of nitrogens with zero attached hydrogens (tertiary/aromatic N) is 4. The summed E-state index contributed by atoms with van der Waals surface area (Å²) in [4.78, 5) is 16.1. The first kappa shape index (κ1) is 20.9. The van der Waals surface area contributed by atoms with Crippen LogP contribution < -0.4 is 11.5 Å². The highest BCUT2D eigenvalue weighted by molar-refractivity contribution is 5.76. The monoisotopic (exact) mass is 408 g/mol. The molecule has 2 aromatic heterocycles. The van der Waals surface area contributed by atoms with Crippen molar-refractivity contribution in [2.75, 3.05) is 12.3 Å². The Kier molecular flexibility index (Phi) is 5.42. The van der Waals surface area contributed by atoms with Crippen molar-refractivity contribution >= 4 is 17.3 Å². The number of nitriles is 1. The predicted octanol–water partition coefficient (Wildman–Crippen LogP) is -1.18. The average molecular weight is 408 g/mol. The molecule has 3 rings (SSSR count). The quantitative estimate of drug-likeness (QED) is 0.439. The van der Waals surface area contributed by atoms with Gasteiger partial charge in [0.15, 0.2) is 17.7 Å². The number of nitrogens with two attached hydrogens (primary N) is 2. The van der Waals surface area contributed by atoms with Crippen LogP contribution in [0.25, 0.3) is 5.52 Å². The molecule has 3 heterocycles. The largest absolute Gasteiger partial charge is 0.454 e. The minimum absolute atomic E-state index is 0.187. The number of nitrogen functional groups attached to an aromatic ring is 1. The lowest BCUT2D eigenvalue weighted by molar-refractivity contribution is -0.162. The maximum atomic E-state index is 14.5. The van der Waals surface area contributed by atoms with E-state index in [1.807, 2.05) is 6.07 Å². The third kappa shape index (κ3) is 3.18. The number of ether oxygens (including phenoxy) is 2. The van der Waals surface area contributed by atoms with E-state index in [0.717, 1.165) is 16.9 Å². The van der Waals surface area contributed by atoms with E-state index >= 15 is 0 Å². The summed E-state index contributed by atoms with van der Waals surface area (Å²) >= 11 is 0. The number of hydrogen-bond acceptors (Lipinski definition) is 10. The molecule has 0 radical (unpaired) electrons. The number of fused-ring (bicyclic) bond motifs is 1. The summed E-state index contributed by atoms with van der Waals surface area (Å²) in [6.45, 7) is 2.70. The van der Waals surface area contributed by atoms with Crippen LogP contribution in [0.15, 0.2) is 12.4 Å². The standard InChI is InChI=1S/C17H21FN6O5/c1-7(2)11(20)16(27)28-14-13(26)9(4-25)29-17(14,5-19)10-3-8(18)12-15(21)22-6-23-24(10)12/h3,6-7,9,11,13-14,25-26H,4,20H2,1-2H3,(H2,21,22,23)/t9-,11+,13-,14-,17+/m1/s1. The highest BCUT2D eigenvalue weighted by Gasteiger charge is 2.60. The van der Waals surface area contributed by atoms with Crippen LogP contribution in [0.5, 0.6) is 0 Å². The lowest BCUT2D eigenvalue weighted by Crippen LogP contribution is -2.48. The molecule has 0 saturated carbocycles. The van der Waals surface area contributed by atoms with Gasteiger partial charge in [0.1, 0.15) is 36.2 Å². The molecule has 12 heteroatoms. The third-order valence-electron chi connectivity index (χ3n) is 4.93. The summed E-state index contributed by atoms with van der Waals surface area (Å²) in [7, 11) is 0. The maximum absolute atomic E-state index is 14.5. The Hall–Kier alpha value is -2.85. The van der Waals surface area contributed by atoms with Gasteiger partial charge in [-0.25, -0.2) is 13.9 Å². The molecule has 1 saturated heterocycles. The van der Waals surface area contributed by atoms with E-state index in [2.05, 4.69) is 10.1 Å². The molecule has 156 valence electrons. The number of esters is 1. The molecular formula is C17H21FN6O5. The normalized spacial score (nSPS) is 27.9. The van der Waals surface area contributed by atoms with Gasteiger partial charge in [-0.2, -0.15) is 10.4 Å². The lowest BCUT2D eigenvalue weighted by Gasteiger charge is -2.29. The number of rotatable bonds is 5. The molecule has 11 nitrogen and oxygen atoms in total. The van der Waals surface area contributed by atoms with Crippen molar-refractivity contribution in [1.29, 1.82) is 5.26 Å². The second-order valence-electron chi connectivity index (χ2n) is 7.09. The second kappa shape index (κ2) is 7.53. The zero-order chi connectivity index (χ0) is 21.5. The molecule has 0 aliphatic carbocycles. The van der Waals surface area contributed by atoms with Gasteiger partial charge < -0.3 is 31.2 Å². The molecule has 0 unspecified atom stereocenters. The van der Waals surface area contributed by atoms with E-state index in [1.165, 1.54) is 0 Å². The number of carbonyl (C=O) groups is 1. The van der Waals surface area contributed by atoms with Crippen LogP contribution in [-0.4, -0.2) is 61.7 Å². The summed E-state index contributed by atoms with van der Waals surface area (Å²) in [5, 5.41) is 34.0. The van der Waals surface area contributed by atoms with Crippen molar-refractivity contribution in [3.8, 4) is 6.07 Å². The van der Waals surface area contributed by atoms with Crippen molar-refractivity contribution in [2.24, 2.45) is 11.7 Å². The number of carbonyl (C=O) groups excluding carboxylic acids is 1. The Bertz CT molecular complexity index is 975. The first-order chi connectivity index (χ1) is 13.7. The summed E-state index contributed by atoms with van der Waals surface area (Å²) in [5.74, 6) is -2.21. The van der Waals surface area contributed by atoms with Crippen LogP contribution in [-0.2, 0) is 19.9 Å². The molecule has 6 N–H and O–H groups in total. The number of aliphatic hydroxyl groups is 2. The van der Waals surface area contributed by atoms with Crippen LogP contribution in [0.2, 0.25) is 0 Å². The molecule has 1 aliphatic rings. The predicted molar refractivity (Wildman–Crippen MR) is 95.3 cm³/mol. The van der Waals surface area contributed by atoms with Gasteiger partial charge in [-0.1, -0.05) is 13.8 Å². The van der Waals surface area contributed by atoms with Crippen LogP contribution in [0, 0.1) is 23.1 Å². The van der Waals surface area contributed by atoms with Gasteiger partial charge in [0.25, 0.3) is 0 Å². The van der Waals surface area contributed by atoms with Gasteiger partial charge in [0, 0.05) is 6.07 Å². The number of anilines is 1. The molecule has 5 atom stereocenters. The fourth-order valence-corrected chi connectivity index (χ4v) is 3.23. The van der Waals surface area contributed by atoms with Gasteiger partial charge in [0.2, 0.25) is 5.60 Å². The van der Waals surface area contributed by atoms with E-state index in [0.29, 0.717) is 0 Å². The first-order valence-corrected chi connectivity index (χ1v) is 8.80. The smallest absolute Gasteiger partial charge is 0.323 e. The molecule has 1 aliphatic heterocycles. The lowest BCUT2D eigenvalue weighted by atomic mass is 9.92. The van der Waals surface area contributed by atoms with Crippen molar-refractivity contribution in [3.63, 3.8) is 0 Å². The number of hydrogen-bond donors (Lipinski definition) is 4. The molecule has 2 aromatic rings. The molecule has 0 bridgehead atoms. The Morgan fingerprint density at radius 3 is 2.86 bits per heavy atom. The summed E-state index contributed by atoms with van der Waals surface area (Å²) in [6.07, 6.45) is -3.44. The Morgan fingerprint density at radius 2 is 2.28 bits per heavy atom. The zero-order valence-corrected chi connectivity index (χ0v) is 15.7. The van der Waals surface area contributed by atoms with Gasteiger partial charge in [-0.05, 0) is 5.92 Å².